The first kappa shape index (κ1) is 18.0. The van der Waals surface area contributed by atoms with Gasteiger partial charge in [-0.05, 0) is 34.1 Å². The van der Waals surface area contributed by atoms with Crippen LogP contribution in [0.15, 0.2) is 40.9 Å². The molecule has 0 bridgehead atoms. The Bertz CT molecular complexity index is 920. The molecule has 7 heteroatoms. The van der Waals surface area contributed by atoms with Gasteiger partial charge < -0.3 is 9.47 Å². The summed E-state index contributed by atoms with van der Waals surface area (Å²) in [6.45, 7) is 4.14. The molecule has 136 valence electrons. The topological polar surface area (TPSA) is 28.5 Å². The van der Waals surface area contributed by atoms with Crippen molar-refractivity contribution in [1.29, 1.82) is 0 Å². The zero-order chi connectivity index (χ0) is 18.3. The summed E-state index contributed by atoms with van der Waals surface area (Å²) in [7, 11) is 1.96. The largest absolute Gasteiger partial charge is 0.339 e. The lowest BCUT2D eigenvalue weighted by Crippen LogP contribution is -2.48. The van der Waals surface area contributed by atoms with Crippen molar-refractivity contribution in [3.05, 3.63) is 55.8 Å². The van der Waals surface area contributed by atoms with Gasteiger partial charge in [0.25, 0.3) is 5.91 Å². The summed E-state index contributed by atoms with van der Waals surface area (Å²) in [5.74, 6) is 0.0920. The SMILES string of the molecule is Cn1c(C(=O)N2CCN(Cc3ccc(Cl)s3)CC2)c(Br)c2ccccc21. The minimum Gasteiger partial charge on any atom is -0.339 e. The molecule has 2 aromatic heterocycles. The normalized spacial score (nSPS) is 15.7. The van der Waals surface area contributed by atoms with E-state index in [1.807, 2.05) is 46.8 Å². The Morgan fingerprint density at radius 2 is 1.88 bits per heavy atom. The quantitative estimate of drug-likeness (QED) is 0.580. The number of para-hydroxylation sites is 1. The molecule has 1 fully saturated rings. The van der Waals surface area contributed by atoms with Gasteiger partial charge in [-0.15, -0.1) is 11.3 Å². The maximum Gasteiger partial charge on any atom is 0.271 e. The molecule has 0 atom stereocenters. The number of rotatable bonds is 3. The number of carbonyl (C=O) groups is 1. The van der Waals surface area contributed by atoms with Gasteiger partial charge in [-0.3, -0.25) is 9.69 Å². The summed E-state index contributed by atoms with van der Waals surface area (Å²) in [5.41, 5.74) is 1.79. The monoisotopic (exact) mass is 451 g/mol. The Hall–Kier alpha value is -1.34. The van der Waals surface area contributed by atoms with Gasteiger partial charge in [-0.25, -0.2) is 0 Å². The van der Waals surface area contributed by atoms with Crippen LogP contribution in [0.3, 0.4) is 0 Å². The molecule has 0 aliphatic carbocycles. The van der Waals surface area contributed by atoms with Crippen molar-refractivity contribution < 1.29 is 4.79 Å². The van der Waals surface area contributed by atoms with Gasteiger partial charge in [0.05, 0.1) is 8.81 Å². The number of hydrogen-bond donors (Lipinski definition) is 0. The number of amides is 1. The predicted molar refractivity (Wildman–Crippen MR) is 111 cm³/mol. The Morgan fingerprint density at radius 1 is 1.15 bits per heavy atom. The second kappa shape index (κ2) is 7.35. The van der Waals surface area contributed by atoms with Crippen LogP contribution in [0.25, 0.3) is 10.9 Å². The van der Waals surface area contributed by atoms with Crippen molar-refractivity contribution in [2.75, 3.05) is 26.2 Å². The fraction of sp³-hybridized carbons (Fsp3) is 0.316. The Morgan fingerprint density at radius 3 is 2.54 bits per heavy atom. The summed E-state index contributed by atoms with van der Waals surface area (Å²) >= 11 is 11.3. The van der Waals surface area contributed by atoms with E-state index in [2.05, 4.69) is 26.9 Å². The van der Waals surface area contributed by atoms with Crippen LogP contribution in [-0.4, -0.2) is 46.5 Å². The molecule has 0 saturated carbocycles. The lowest BCUT2D eigenvalue weighted by molar-refractivity contribution is 0.0620. The van der Waals surface area contributed by atoms with Gasteiger partial charge in [-0.1, -0.05) is 29.8 Å². The molecular weight excluding hydrogens is 434 g/mol. The molecule has 3 heterocycles. The standard InChI is InChI=1S/C19H19BrClN3OS/c1-22-15-5-3-2-4-14(15)17(20)18(22)19(25)24-10-8-23(9-11-24)12-13-6-7-16(21)26-13/h2-7H,8-12H2,1H3. The highest BCUT2D eigenvalue weighted by molar-refractivity contribution is 9.10. The molecule has 26 heavy (non-hydrogen) atoms. The number of nitrogens with zero attached hydrogens (tertiary/aromatic N) is 3. The van der Waals surface area contributed by atoms with E-state index in [1.165, 1.54) is 4.88 Å². The zero-order valence-corrected chi connectivity index (χ0v) is 17.6. The van der Waals surface area contributed by atoms with Crippen molar-refractivity contribution >= 4 is 55.7 Å². The van der Waals surface area contributed by atoms with Gasteiger partial charge >= 0.3 is 0 Å². The van der Waals surface area contributed by atoms with Crippen LogP contribution >= 0.6 is 38.9 Å². The minimum atomic E-state index is 0.0920. The van der Waals surface area contributed by atoms with E-state index in [4.69, 9.17) is 11.6 Å². The number of halogens is 2. The van der Waals surface area contributed by atoms with E-state index in [-0.39, 0.29) is 5.91 Å². The molecule has 4 nitrogen and oxygen atoms in total. The van der Waals surface area contributed by atoms with Gasteiger partial charge in [0, 0.05) is 55.6 Å². The molecule has 1 aromatic carbocycles. The number of thiophene rings is 1. The number of benzene rings is 1. The molecule has 1 amide bonds. The van der Waals surface area contributed by atoms with Crippen molar-refractivity contribution in [1.82, 2.24) is 14.4 Å². The first-order chi connectivity index (χ1) is 12.5. The maximum atomic E-state index is 13.1. The summed E-state index contributed by atoms with van der Waals surface area (Å²) < 4.78 is 3.70. The number of aromatic nitrogens is 1. The van der Waals surface area contributed by atoms with Crippen molar-refractivity contribution in [3.8, 4) is 0 Å². The summed E-state index contributed by atoms with van der Waals surface area (Å²) in [6.07, 6.45) is 0. The molecule has 1 aliphatic rings. The fourth-order valence-corrected chi connectivity index (χ4v) is 5.40. The molecular formula is C19H19BrClN3OS. The van der Waals surface area contributed by atoms with Crippen LogP contribution < -0.4 is 0 Å². The average Bonchev–Trinajstić information content (AvgIpc) is 3.17. The number of hydrogen-bond acceptors (Lipinski definition) is 3. The number of carbonyl (C=O) groups excluding carboxylic acids is 1. The average molecular weight is 453 g/mol. The van der Waals surface area contributed by atoms with E-state index in [0.29, 0.717) is 0 Å². The van der Waals surface area contributed by atoms with E-state index in [9.17, 15) is 4.79 Å². The van der Waals surface area contributed by atoms with Crippen molar-refractivity contribution in [2.45, 2.75) is 6.54 Å². The Balaban J connectivity index is 1.47. The smallest absolute Gasteiger partial charge is 0.271 e. The lowest BCUT2D eigenvalue weighted by atomic mass is 10.2. The second-order valence-corrected chi connectivity index (χ2v) is 9.11. The third-order valence-electron chi connectivity index (χ3n) is 4.92. The van der Waals surface area contributed by atoms with Crippen LogP contribution in [0, 0.1) is 0 Å². The summed E-state index contributed by atoms with van der Waals surface area (Å²) in [5, 5.41) is 1.08. The fourth-order valence-electron chi connectivity index (χ4n) is 3.50. The first-order valence-corrected chi connectivity index (χ1v) is 10.5. The van der Waals surface area contributed by atoms with E-state index in [0.717, 1.165) is 58.1 Å². The van der Waals surface area contributed by atoms with Crippen molar-refractivity contribution in [3.63, 3.8) is 0 Å². The molecule has 0 spiro atoms. The molecule has 3 aromatic rings. The molecule has 0 N–H and O–H groups in total. The number of piperazine rings is 1. The van der Waals surface area contributed by atoms with Crippen LogP contribution in [0.4, 0.5) is 0 Å². The van der Waals surface area contributed by atoms with Gasteiger partial charge in [0.15, 0.2) is 0 Å². The molecule has 1 saturated heterocycles. The van der Waals surface area contributed by atoms with Gasteiger partial charge in [0.1, 0.15) is 5.69 Å². The number of aryl methyl sites for hydroxylation is 1. The van der Waals surface area contributed by atoms with Crippen LogP contribution in [0.2, 0.25) is 4.34 Å². The first-order valence-electron chi connectivity index (χ1n) is 8.53. The van der Waals surface area contributed by atoms with Gasteiger partial charge in [-0.2, -0.15) is 0 Å². The number of fused-ring (bicyclic) bond motifs is 1. The maximum absolute atomic E-state index is 13.1. The molecule has 0 radical (unpaired) electrons. The molecule has 1 aliphatic heterocycles. The van der Waals surface area contributed by atoms with E-state index >= 15 is 0 Å². The Kier molecular flexibility index (Phi) is 5.10. The molecule has 4 rings (SSSR count). The van der Waals surface area contributed by atoms with E-state index < -0.39 is 0 Å². The highest BCUT2D eigenvalue weighted by Crippen LogP contribution is 2.31. The van der Waals surface area contributed by atoms with Crippen molar-refractivity contribution in [2.24, 2.45) is 7.05 Å². The highest BCUT2D eigenvalue weighted by atomic mass is 79.9. The summed E-state index contributed by atoms with van der Waals surface area (Å²) in [6, 6.07) is 12.1. The lowest BCUT2D eigenvalue weighted by Gasteiger charge is -2.34. The van der Waals surface area contributed by atoms with Gasteiger partial charge in [0.2, 0.25) is 0 Å². The molecule has 0 unspecified atom stereocenters. The Labute approximate surface area is 170 Å². The minimum absolute atomic E-state index is 0.0920. The summed E-state index contributed by atoms with van der Waals surface area (Å²) in [4.78, 5) is 18.7. The predicted octanol–water partition coefficient (Wildman–Crippen LogP) is 4.61. The third kappa shape index (κ3) is 3.31. The zero-order valence-electron chi connectivity index (χ0n) is 14.4. The highest BCUT2D eigenvalue weighted by Gasteiger charge is 2.27. The second-order valence-electron chi connectivity index (χ2n) is 6.51. The van der Waals surface area contributed by atoms with Crippen LogP contribution in [-0.2, 0) is 13.6 Å². The van der Waals surface area contributed by atoms with Crippen LogP contribution in [0.5, 0.6) is 0 Å². The van der Waals surface area contributed by atoms with Crippen LogP contribution in [0.1, 0.15) is 15.4 Å². The van der Waals surface area contributed by atoms with E-state index in [1.54, 1.807) is 11.3 Å². The third-order valence-corrected chi connectivity index (χ3v) is 6.93.